The molecule has 0 saturated heterocycles. The summed E-state index contributed by atoms with van der Waals surface area (Å²) in [6.45, 7) is 3.79. The molecule has 3 aromatic heterocycles. The number of hydrogen-bond acceptors (Lipinski definition) is 6. The number of carbonyl (C=O) groups is 1. The fraction of sp³-hybridized carbons (Fsp3) is 0.211. The molecule has 27 heavy (non-hydrogen) atoms. The van der Waals surface area contributed by atoms with Gasteiger partial charge >= 0.3 is 0 Å². The van der Waals surface area contributed by atoms with Crippen molar-refractivity contribution in [3.05, 3.63) is 75.9 Å². The van der Waals surface area contributed by atoms with Gasteiger partial charge in [0.25, 0.3) is 11.5 Å². The maximum absolute atomic E-state index is 12.8. The summed E-state index contributed by atoms with van der Waals surface area (Å²) in [5, 5.41) is 2.71. The molecule has 0 unspecified atom stereocenters. The van der Waals surface area contributed by atoms with E-state index in [0.717, 1.165) is 5.69 Å². The number of methoxy groups -OCH3 is 1. The molecule has 0 spiro atoms. The van der Waals surface area contributed by atoms with E-state index in [9.17, 15) is 9.59 Å². The molecular weight excluding hydrogens is 346 g/mol. The molecule has 8 nitrogen and oxygen atoms in total. The van der Waals surface area contributed by atoms with E-state index in [1.54, 1.807) is 43.7 Å². The van der Waals surface area contributed by atoms with Crippen LogP contribution in [0.1, 0.15) is 27.3 Å². The average molecular weight is 365 g/mol. The van der Waals surface area contributed by atoms with Crippen molar-refractivity contribution in [3.63, 3.8) is 0 Å². The Labute approximate surface area is 155 Å². The van der Waals surface area contributed by atoms with E-state index >= 15 is 0 Å². The molecule has 3 rings (SSSR count). The van der Waals surface area contributed by atoms with Gasteiger partial charge in [-0.3, -0.25) is 19.6 Å². The normalized spacial score (nSPS) is 10.5. The van der Waals surface area contributed by atoms with Gasteiger partial charge in [-0.15, -0.1) is 0 Å². The van der Waals surface area contributed by atoms with E-state index in [4.69, 9.17) is 4.74 Å². The van der Waals surface area contributed by atoms with E-state index in [2.05, 4.69) is 20.3 Å². The van der Waals surface area contributed by atoms with Gasteiger partial charge in [-0.25, -0.2) is 4.98 Å². The van der Waals surface area contributed by atoms with Crippen molar-refractivity contribution in [2.24, 2.45) is 0 Å². The summed E-state index contributed by atoms with van der Waals surface area (Å²) in [7, 11) is 1.49. The number of aromatic nitrogens is 4. The Morgan fingerprint density at radius 2 is 2.00 bits per heavy atom. The average Bonchev–Trinajstić information content (AvgIpc) is 2.66. The van der Waals surface area contributed by atoms with Crippen LogP contribution in [0.5, 0.6) is 5.88 Å². The summed E-state index contributed by atoms with van der Waals surface area (Å²) in [4.78, 5) is 37.9. The molecule has 0 radical (unpaired) electrons. The summed E-state index contributed by atoms with van der Waals surface area (Å²) in [6, 6.07) is 4.93. The number of nitrogens with zero attached hydrogens (tertiary/aromatic N) is 4. The maximum atomic E-state index is 12.8. The second kappa shape index (κ2) is 7.77. The molecule has 0 atom stereocenters. The minimum absolute atomic E-state index is 0.0772. The van der Waals surface area contributed by atoms with Gasteiger partial charge in [0.1, 0.15) is 5.56 Å². The molecule has 0 aromatic carbocycles. The molecule has 0 aliphatic rings. The van der Waals surface area contributed by atoms with Crippen LogP contribution in [0.2, 0.25) is 0 Å². The fourth-order valence-electron chi connectivity index (χ4n) is 2.53. The number of amides is 1. The molecule has 138 valence electrons. The molecule has 0 saturated carbocycles. The van der Waals surface area contributed by atoms with E-state index in [0.29, 0.717) is 22.8 Å². The van der Waals surface area contributed by atoms with E-state index in [1.165, 1.54) is 17.9 Å². The van der Waals surface area contributed by atoms with Crippen LogP contribution in [-0.2, 0) is 6.54 Å². The summed E-state index contributed by atoms with van der Waals surface area (Å²) in [5.41, 5.74) is 2.19. The van der Waals surface area contributed by atoms with E-state index in [1.807, 2.05) is 6.92 Å². The number of rotatable bonds is 5. The summed E-state index contributed by atoms with van der Waals surface area (Å²) in [6.07, 6.45) is 6.41. The van der Waals surface area contributed by atoms with Crippen LogP contribution in [0.15, 0.2) is 47.8 Å². The summed E-state index contributed by atoms with van der Waals surface area (Å²) in [5.74, 6) is -0.122. The first-order valence-electron chi connectivity index (χ1n) is 8.27. The molecule has 1 N–H and O–H groups in total. The van der Waals surface area contributed by atoms with Gasteiger partial charge in [-0.2, -0.15) is 0 Å². The maximum Gasteiger partial charge on any atom is 0.264 e. The van der Waals surface area contributed by atoms with Crippen molar-refractivity contribution in [2.75, 3.05) is 12.4 Å². The highest BCUT2D eigenvalue weighted by Crippen LogP contribution is 2.15. The first-order chi connectivity index (χ1) is 13.0. The van der Waals surface area contributed by atoms with Crippen molar-refractivity contribution in [2.45, 2.75) is 20.4 Å². The van der Waals surface area contributed by atoms with Crippen molar-refractivity contribution >= 4 is 11.6 Å². The Balaban J connectivity index is 1.89. The molecule has 3 heterocycles. The largest absolute Gasteiger partial charge is 0.481 e. The van der Waals surface area contributed by atoms with Gasteiger partial charge in [0.05, 0.1) is 31.2 Å². The lowest BCUT2D eigenvalue weighted by molar-refractivity contribution is 0.102. The van der Waals surface area contributed by atoms with Crippen LogP contribution >= 0.6 is 0 Å². The van der Waals surface area contributed by atoms with Gasteiger partial charge in [-0.05, 0) is 31.5 Å². The van der Waals surface area contributed by atoms with Crippen molar-refractivity contribution in [1.82, 2.24) is 19.5 Å². The molecule has 8 heteroatoms. The third kappa shape index (κ3) is 4.17. The minimum atomic E-state index is -0.491. The SMILES string of the molecule is COc1cc(NC(=O)c2c(C)ccn(Cc3cnc(C)cn3)c2=O)ccn1. The smallest absolute Gasteiger partial charge is 0.264 e. The molecule has 1 amide bonds. The topological polar surface area (TPSA) is 99.0 Å². The quantitative estimate of drug-likeness (QED) is 0.742. The van der Waals surface area contributed by atoms with E-state index < -0.39 is 11.5 Å². The zero-order valence-corrected chi connectivity index (χ0v) is 15.3. The zero-order chi connectivity index (χ0) is 19.4. The first-order valence-corrected chi connectivity index (χ1v) is 8.27. The lowest BCUT2D eigenvalue weighted by atomic mass is 10.1. The van der Waals surface area contributed by atoms with Gasteiger partial charge in [-0.1, -0.05) is 0 Å². The number of nitrogens with one attached hydrogen (secondary N) is 1. The highest BCUT2D eigenvalue weighted by molar-refractivity contribution is 6.05. The van der Waals surface area contributed by atoms with Crippen molar-refractivity contribution < 1.29 is 9.53 Å². The van der Waals surface area contributed by atoms with Crippen LogP contribution in [0.3, 0.4) is 0 Å². The monoisotopic (exact) mass is 365 g/mol. The Kier molecular flexibility index (Phi) is 5.25. The van der Waals surface area contributed by atoms with Gasteiger partial charge < -0.3 is 14.6 Å². The standard InChI is InChI=1S/C19H19N5O3/c1-12-5-7-24(11-15-10-21-13(2)9-22-15)19(26)17(12)18(25)23-14-4-6-20-16(8-14)27-3/h4-10H,11H2,1-3H3,(H,20,23,25). The highest BCUT2D eigenvalue weighted by atomic mass is 16.5. The number of ether oxygens (including phenoxy) is 1. The Bertz CT molecular complexity index is 1030. The fourth-order valence-corrected chi connectivity index (χ4v) is 2.53. The van der Waals surface area contributed by atoms with Crippen molar-refractivity contribution in [3.8, 4) is 5.88 Å². The third-order valence-corrected chi connectivity index (χ3v) is 3.97. The zero-order valence-electron chi connectivity index (χ0n) is 15.3. The molecule has 3 aromatic rings. The van der Waals surface area contributed by atoms with Gasteiger partial charge in [0.15, 0.2) is 0 Å². The molecular formula is C19H19N5O3. The van der Waals surface area contributed by atoms with E-state index in [-0.39, 0.29) is 12.1 Å². The van der Waals surface area contributed by atoms with Crippen LogP contribution in [0.4, 0.5) is 5.69 Å². The van der Waals surface area contributed by atoms with Crippen LogP contribution in [0.25, 0.3) is 0 Å². The Morgan fingerprint density at radius 1 is 1.19 bits per heavy atom. The first kappa shape index (κ1) is 18.2. The summed E-state index contributed by atoms with van der Waals surface area (Å²) < 4.78 is 6.48. The second-order valence-corrected chi connectivity index (χ2v) is 6.00. The van der Waals surface area contributed by atoms with Gasteiger partial charge in [0, 0.05) is 30.3 Å². The van der Waals surface area contributed by atoms with Crippen LogP contribution in [0, 0.1) is 13.8 Å². The molecule has 0 aliphatic heterocycles. The number of carbonyl (C=O) groups excluding carboxylic acids is 1. The number of aryl methyl sites for hydroxylation is 2. The number of pyridine rings is 2. The number of anilines is 1. The highest BCUT2D eigenvalue weighted by Gasteiger charge is 2.17. The molecule has 0 aliphatic carbocycles. The predicted molar refractivity (Wildman–Crippen MR) is 100 cm³/mol. The minimum Gasteiger partial charge on any atom is -0.481 e. The van der Waals surface area contributed by atoms with Gasteiger partial charge in [0.2, 0.25) is 5.88 Å². The Hall–Kier alpha value is -3.55. The Morgan fingerprint density at radius 3 is 2.70 bits per heavy atom. The second-order valence-electron chi connectivity index (χ2n) is 6.00. The van der Waals surface area contributed by atoms with Crippen LogP contribution in [-0.4, -0.2) is 32.5 Å². The molecule has 0 fully saturated rings. The predicted octanol–water partition coefficient (Wildman–Crippen LogP) is 1.96. The third-order valence-electron chi connectivity index (χ3n) is 3.97. The number of hydrogen-bond donors (Lipinski definition) is 1. The van der Waals surface area contributed by atoms with Crippen LogP contribution < -0.4 is 15.6 Å². The lowest BCUT2D eigenvalue weighted by Crippen LogP contribution is -2.30. The lowest BCUT2D eigenvalue weighted by Gasteiger charge is -2.11. The molecule has 0 bridgehead atoms. The van der Waals surface area contributed by atoms with Crippen molar-refractivity contribution in [1.29, 1.82) is 0 Å². The summed E-state index contributed by atoms with van der Waals surface area (Å²) >= 11 is 0.